The zero-order chi connectivity index (χ0) is 14.9. The summed E-state index contributed by atoms with van der Waals surface area (Å²) in [7, 11) is 0. The third-order valence-electron chi connectivity index (χ3n) is 3.87. The van der Waals surface area contributed by atoms with Crippen LogP contribution in [0.1, 0.15) is 48.5 Å². The molecule has 0 aromatic heterocycles. The van der Waals surface area contributed by atoms with Crippen LogP contribution in [0.15, 0.2) is 18.2 Å². The number of carbonyl (C=O) groups is 1. The molecule has 1 aliphatic rings. The lowest BCUT2D eigenvalue weighted by molar-refractivity contribution is -0.140. The Hall–Kier alpha value is -1.39. The molecule has 0 spiro atoms. The maximum absolute atomic E-state index is 13.5. The van der Waals surface area contributed by atoms with Crippen molar-refractivity contribution in [2.24, 2.45) is 11.8 Å². The van der Waals surface area contributed by atoms with Gasteiger partial charge in [0, 0.05) is 11.5 Å². The van der Waals surface area contributed by atoms with E-state index in [1.807, 2.05) is 6.92 Å². The van der Waals surface area contributed by atoms with Gasteiger partial charge in [-0.05, 0) is 30.9 Å². The van der Waals surface area contributed by atoms with Gasteiger partial charge in [-0.15, -0.1) is 0 Å². The van der Waals surface area contributed by atoms with Gasteiger partial charge in [-0.1, -0.05) is 25.8 Å². The topological polar surface area (TPSA) is 17.1 Å². The van der Waals surface area contributed by atoms with Crippen molar-refractivity contribution in [1.29, 1.82) is 0 Å². The second-order valence-electron chi connectivity index (χ2n) is 5.53. The monoisotopic (exact) mass is 288 g/mol. The highest BCUT2D eigenvalue weighted by Crippen LogP contribution is 2.34. The van der Waals surface area contributed by atoms with E-state index in [4.69, 9.17) is 0 Å². The fourth-order valence-corrected chi connectivity index (χ4v) is 2.81. The predicted molar refractivity (Wildman–Crippen MR) is 66.9 cm³/mol. The summed E-state index contributed by atoms with van der Waals surface area (Å²) in [6.07, 6.45) is -1.29. The molecule has 0 heterocycles. The van der Waals surface area contributed by atoms with E-state index in [0.29, 0.717) is 18.1 Å². The van der Waals surface area contributed by atoms with Gasteiger partial charge in [0.25, 0.3) is 0 Å². The Labute approximate surface area is 115 Å². The number of hydrogen-bond acceptors (Lipinski definition) is 1. The number of halogens is 4. The number of rotatable bonds is 2. The smallest absolute Gasteiger partial charge is 0.294 e. The minimum absolute atomic E-state index is 0.0367. The summed E-state index contributed by atoms with van der Waals surface area (Å²) in [5.74, 6) is -1.40. The van der Waals surface area contributed by atoms with Gasteiger partial charge in [-0.25, -0.2) is 4.39 Å². The molecule has 1 fully saturated rings. The molecule has 110 valence electrons. The normalized spacial score (nSPS) is 23.6. The highest BCUT2D eigenvalue weighted by Gasteiger charge is 2.35. The fraction of sp³-hybridized carbons (Fsp3) is 0.533. The molecule has 20 heavy (non-hydrogen) atoms. The summed E-state index contributed by atoms with van der Waals surface area (Å²) in [5.41, 5.74) is -1.29. The third kappa shape index (κ3) is 3.19. The maximum Gasteiger partial charge on any atom is 0.419 e. The van der Waals surface area contributed by atoms with Gasteiger partial charge in [0.1, 0.15) is 5.82 Å². The summed E-state index contributed by atoms with van der Waals surface area (Å²) in [6, 6.07) is 2.44. The quantitative estimate of drug-likeness (QED) is 0.561. The van der Waals surface area contributed by atoms with Gasteiger partial charge >= 0.3 is 6.18 Å². The molecule has 0 amide bonds. The fourth-order valence-electron chi connectivity index (χ4n) is 2.81. The van der Waals surface area contributed by atoms with Crippen molar-refractivity contribution in [3.63, 3.8) is 0 Å². The highest BCUT2D eigenvalue weighted by atomic mass is 19.4. The lowest BCUT2D eigenvalue weighted by atomic mass is 9.78. The highest BCUT2D eigenvalue weighted by molar-refractivity contribution is 5.98. The van der Waals surface area contributed by atoms with Crippen LogP contribution in [0.2, 0.25) is 0 Å². The first-order chi connectivity index (χ1) is 9.29. The molecule has 0 radical (unpaired) electrons. The van der Waals surface area contributed by atoms with E-state index in [1.54, 1.807) is 0 Å². The van der Waals surface area contributed by atoms with Gasteiger partial charge in [0.15, 0.2) is 5.78 Å². The lowest BCUT2D eigenvalue weighted by Crippen LogP contribution is -2.22. The number of carbonyl (C=O) groups excluding carboxylic acids is 1. The molecule has 2 atom stereocenters. The van der Waals surface area contributed by atoms with E-state index in [1.165, 1.54) is 0 Å². The van der Waals surface area contributed by atoms with Gasteiger partial charge in [0.2, 0.25) is 0 Å². The van der Waals surface area contributed by atoms with Gasteiger partial charge in [-0.2, -0.15) is 13.2 Å². The largest absolute Gasteiger partial charge is 0.419 e. The average Bonchev–Trinajstić information content (AvgIpc) is 2.36. The number of alkyl halides is 3. The Bertz CT molecular complexity index is 507. The Morgan fingerprint density at radius 2 is 1.95 bits per heavy atom. The molecule has 1 saturated carbocycles. The second kappa shape index (κ2) is 5.54. The Morgan fingerprint density at radius 3 is 2.50 bits per heavy atom. The lowest BCUT2D eigenvalue weighted by Gasteiger charge is -2.25. The molecule has 2 rings (SSSR count). The SMILES string of the molecule is CC1CCCC(C(=O)c2ccc(C(F)(F)F)c(F)c2)C1. The van der Waals surface area contributed by atoms with Crippen LogP contribution in [-0.2, 0) is 6.18 Å². The molecular formula is C15H16F4O. The van der Waals surface area contributed by atoms with Crippen LogP contribution >= 0.6 is 0 Å². The zero-order valence-electron chi connectivity index (χ0n) is 11.1. The molecule has 2 unspecified atom stereocenters. The summed E-state index contributed by atoms with van der Waals surface area (Å²) in [6.45, 7) is 2.05. The van der Waals surface area contributed by atoms with E-state index >= 15 is 0 Å². The summed E-state index contributed by atoms with van der Waals surface area (Å²) < 4.78 is 50.9. The van der Waals surface area contributed by atoms with Crippen LogP contribution in [0.3, 0.4) is 0 Å². The third-order valence-corrected chi connectivity index (χ3v) is 3.87. The number of ketones is 1. The van der Waals surface area contributed by atoms with Crippen molar-refractivity contribution < 1.29 is 22.4 Å². The molecule has 5 heteroatoms. The first-order valence-electron chi connectivity index (χ1n) is 6.70. The van der Waals surface area contributed by atoms with Crippen molar-refractivity contribution in [3.8, 4) is 0 Å². The van der Waals surface area contributed by atoms with Crippen molar-refractivity contribution in [2.45, 2.75) is 38.8 Å². The maximum atomic E-state index is 13.5. The van der Waals surface area contributed by atoms with Crippen molar-refractivity contribution >= 4 is 5.78 Å². The van der Waals surface area contributed by atoms with Crippen LogP contribution in [-0.4, -0.2) is 5.78 Å². The first-order valence-corrected chi connectivity index (χ1v) is 6.70. The number of hydrogen-bond donors (Lipinski definition) is 0. The van der Waals surface area contributed by atoms with Gasteiger partial charge < -0.3 is 0 Å². The summed E-state index contributed by atoms with van der Waals surface area (Å²) in [4.78, 5) is 12.2. The molecule has 0 saturated heterocycles. The van der Waals surface area contributed by atoms with Crippen LogP contribution in [0.25, 0.3) is 0 Å². The minimum Gasteiger partial charge on any atom is -0.294 e. The van der Waals surface area contributed by atoms with Crippen molar-refractivity contribution in [3.05, 3.63) is 35.1 Å². The molecule has 1 aromatic carbocycles. The zero-order valence-corrected chi connectivity index (χ0v) is 11.1. The standard InChI is InChI=1S/C15H16F4O/c1-9-3-2-4-10(7-9)14(20)11-5-6-12(13(16)8-11)15(17,18)19/h5-6,8-10H,2-4,7H2,1H3. The van der Waals surface area contributed by atoms with Gasteiger partial charge in [-0.3, -0.25) is 4.79 Å². The van der Waals surface area contributed by atoms with Crippen molar-refractivity contribution in [2.75, 3.05) is 0 Å². The van der Waals surface area contributed by atoms with E-state index in [2.05, 4.69) is 0 Å². The average molecular weight is 288 g/mol. The molecule has 0 N–H and O–H groups in total. The summed E-state index contributed by atoms with van der Waals surface area (Å²) in [5, 5.41) is 0. The molecular weight excluding hydrogens is 272 g/mol. The Morgan fingerprint density at radius 1 is 1.25 bits per heavy atom. The predicted octanol–water partition coefficient (Wildman–Crippen LogP) is 4.85. The van der Waals surface area contributed by atoms with Crippen molar-refractivity contribution in [1.82, 2.24) is 0 Å². The van der Waals surface area contributed by atoms with E-state index in [-0.39, 0.29) is 17.3 Å². The molecule has 1 nitrogen and oxygen atoms in total. The number of Topliss-reactive ketones (excluding diaryl/α,β-unsaturated/α-hetero) is 1. The van der Waals surface area contributed by atoms with Crippen LogP contribution in [0.4, 0.5) is 17.6 Å². The minimum atomic E-state index is -4.73. The molecule has 1 aromatic rings. The van der Waals surface area contributed by atoms with E-state index in [9.17, 15) is 22.4 Å². The molecule has 0 bridgehead atoms. The second-order valence-corrected chi connectivity index (χ2v) is 5.53. The Kier molecular flexibility index (Phi) is 4.16. The van der Waals surface area contributed by atoms with Crippen LogP contribution < -0.4 is 0 Å². The van der Waals surface area contributed by atoms with E-state index < -0.39 is 17.6 Å². The van der Waals surface area contributed by atoms with E-state index in [0.717, 1.165) is 31.7 Å². The molecule has 0 aliphatic heterocycles. The first kappa shape index (κ1) is 15.0. The summed E-state index contributed by atoms with van der Waals surface area (Å²) >= 11 is 0. The van der Waals surface area contributed by atoms with Gasteiger partial charge in [0.05, 0.1) is 5.56 Å². The van der Waals surface area contributed by atoms with Crippen LogP contribution in [0.5, 0.6) is 0 Å². The Balaban J connectivity index is 2.21. The number of benzene rings is 1. The van der Waals surface area contributed by atoms with Crippen LogP contribution in [0, 0.1) is 17.7 Å². The molecule has 1 aliphatic carbocycles.